The van der Waals surface area contributed by atoms with Crippen molar-refractivity contribution in [2.45, 2.75) is 17.8 Å². The third kappa shape index (κ3) is 3.42. The first-order valence-electron chi connectivity index (χ1n) is 6.10. The van der Waals surface area contributed by atoms with Gasteiger partial charge in [-0.25, -0.2) is 0 Å². The van der Waals surface area contributed by atoms with Gasteiger partial charge < -0.3 is 15.1 Å². The van der Waals surface area contributed by atoms with E-state index in [0.717, 1.165) is 12.1 Å². The number of rotatable bonds is 5. The van der Waals surface area contributed by atoms with Crippen LogP contribution in [0, 0.1) is 0 Å². The van der Waals surface area contributed by atoms with E-state index in [1.807, 2.05) is 18.2 Å². The Labute approximate surface area is 121 Å². The van der Waals surface area contributed by atoms with Crippen molar-refractivity contribution in [3.05, 3.63) is 29.3 Å². The number of para-hydroxylation sites is 1. The van der Waals surface area contributed by atoms with Crippen LogP contribution in [-0.4, -0.2) is 46.4 Å². The second-order valence-electron chi connectivity index (χ2n) is 4.39. The first kappa shape index (κ1) is 14.7. The molecule has 104 valence electrons. The van der Waals surface area contributed by atoms with Crippen LogP contribution in [0.5, 0.6) is 0 Å². The fourth-order valence-electron chi connectivity index (χ4n) is 2.00. The maximum Gasteiger partial charge on any atom is 0.240 e. The second-order valence-corrected chi connectivity index (χ2v) is 6.03. The zero-order chi connectivity index (χ0) is 13.8. The van der Waals surface area contributed by atoms with E-state index in [0.29, 0.717) is 17.3 Å². The number of hydrogen-bond acceptors (Lipinski definition) is 4. The van der Waals surface area contributed by atoms with E-state index >= 15 is 0 Å². The average Bonchev–Trinajstić information content (AvgIpc) is 2.78. The van der Waals surface area contributed by atoms with Crippen LogP contribution in [0.4, 0.5) is 5.69 Å². The van der Waals surface area contributed by atoms with Crippen LogP contribution in [0.3, 0.4) is 0 Å². The van der Waals surface area contributed by atoms with Gasteiger partial charge in [0.2, 0.25) is 5.91 Å². The fourth-order valence-corrected chi connectivity index (χ4v) is 3.34. The molecule has 0 radical (unpaired) electrons. The minimum atomic E-state index is -0.771. The van der Waals surface area contributed by atoms with Crippen molar-refractivity contribution >= 4 is 35.0 Å². The number of amides is 1. The standard InChI is InChI=1S/C13H16ClNO3S/c14-10-3-1-2-4-11(10)15-6-5-12(13(15)18)19-8-9(17)7-16/h1-4,9,12,16-17H,5-8H2/t9-,12-/m0/s1. The maximum absolute atomic E-state index is 12.3. The van der Waals surface area contributed by atoms with Crippen molar-refractivity contribution in [2.24, 2.45) is 0 Å². The van der Waals surface area contributed by atoms with Gasteiger partial charge in [-0.1, -0.05) is 23.7 Å². The zero-order valence-electron chi connectivity index (χ0n) is 10.3. The number of nitrogens with zero attached hydrogens (tertiary/aromatic N) is 1. The van der Waals surface area contributed by atoms with Gasteiger partial charge in [0.05, 0.1) is 28.7 Å². The Balaban J connectivity index is 2.00. The third-order valence-corrected chi connectivity index (χ3v) is 4.74. The molecule has 4 nitrogen and oxygen atoms in total. The lowest BCUT2D eigenvalue weighted by Crippen LogP contribution is -2.29. The molecule has 1 saturated heterocycles. The zero-order valence-corrected chi connectivity index (χ0v) is 11.9. The Morgan fingerprint density at radius 2 is 2.21 bits per heavy atom. The summed E-state index contributed by atoms with van der Waals surface area (Å²) in [6.07, 6.45) is -0.0421. The molecular formula is C13H16ClNO3S. The molecule has 0 saturated carbocycles. The summed E-state index contributed by atoms with van der Waals surface area (Å²) in [6.45, 7) is 0.359. The van der Waals surface area contributed by atoms with Crippen LogP contribution in [0.2, 0.25) is 5.02 Å². The third-order valence-electron chi connectivity index (χ3n) is 3.00. The van der Waals surface area contributed by atoms with E-state index in [4.69, 9.17) is 16.7 Å². The first-order chi connectivity index (χ1) is 9.13. The van der Waals surface area contributed by atoms with E-state index in [1.54, 1.807) is 11.0 Å². The van der Waals surface area contributed by atoms with Crippen molar-refractivity contribution in [1.29, 1.82) is 0 Å². The quantitative estimate of drug-likeness (QED) is 0.866. The number of hydrogen-bond donors (Lipinski definition) is 2. The highest BCUT2D eigenvalue weighted by molar-refractivity contribution is 8.00. The van der Waals surface area contributed by atoms with E-state index in [1.165, 1.54) is 11.8 Å². The molecular weight excluding hydrogens is 286 g/mol. The van der Waals surface area contributed by atoms with Crippen LogP contribution in [0.25, 0.3) is 0 Å². The number of anilines is 1. The van der Waals surface area contributed by atoms with Crippen LogP contribution >= 0.6 is 23.4 Å². The second kappa shape index (κ2) is 6.61. The Morgan fingerprint density at radius 3 is 2.89 bits per heavy atom. The summed E-state index contributed by atoms with van der Waals surface area (Å²) in [5, 5.41) is 18.5. The van der Waals surface area contributed by atoms with Crippen molar-refractivity contribution < 1.29 is 15.0 Å². The van der Waals surface area contributed by atoms with Crippen LogP contribution in [-0.2, 0) is 4.79 Å². The normalized spacial score (nSPS) is 20.9. The van der Waals surface area contributed by atoms with Crippen molar-refractivity contribution in [3.8, 4) is 0 Å². The van der Waals surface area contributed by atoms with E-state index in [-0.39, 0.29) is 17.8 Å². The number of benzene rings is 1. The van der Waals surface area contributed by atoms with Gasteiger partial charge in [0.25, 0.3) is 0 Å². The van der Waals surface area contributed by atoms with E-state index < -0.39 is 6.10 Å². The van der Waals surface area contributed by atoms with Gasteiger partial charge in [0, 0.05) is 12.3 Å². The average molecular weight is 302 g/mol. The lowest BCUT2D eigenvalue weighted by molar-refractivity contribution is -0.116. The summed E-state index contributed by atoms with van der Waals surface area (Å²) < 4.78 is 0. The fraction of sp³-hybridized carbons (Fsp3) is 0.462. The van der Waals surface area contributed by atoms with Gasteiger partial charge in [-0.15, -0.1) is 11.8 Å². The summed E-state index contributed by atoms with van der Waals surface area (Å²) in [5.74, 6) is 0.381. The topological polar surface area (TPSA) is 60.8 Å². The summed E-state index contributed by atoms with van der Waals surface area (Å²) in [7, 11) is 0. The van der Waals surface area contributed by atoms with E-state index in [2.05, 4.69) is 0 Å². The number of carbonyl (C=O) groups is 1. The minimum Gasteiger partial charge on any atom is -0.394 e. The highest BCUT2D eigenvalue weighted by atomic mass is 35.5. The number of aliphatic hydroxyl groups excluding tert-OH is 2. The number of aliphatic hydroxyl groups is 2. The van der Waals surface area contributed by atoms with Crippen LogP contribution in [0.1, 0.15) is 6.42 Å². The molecule has 0 unspecified atom stereocenters. The molecule has 2 rings (SSSR count). The minimum absolute atomic E-state index is 0.0169. The SMILES string of the molecule is O=C1[C@@H](SC[C@@H](O)CO)CCN1c1ccccc1Cl. The molecule has 1 heterocycles. The maximum atomic E-state index is 12.3. The van der Waals surface area contributed by atoms with Crippen molar-refractivity contribution in [1.82, 2.24) is 0 Å². The Kier molecular flexibility index (Phi) is 5.10. The van der Waals surface area contributed by atoms with Gasteiger partial charge in [0.15, 0.2) is 0 Å². The number of carbonyl (C=O) groups excluding carboxylic acids is 1. The summed E-state index contributed by atoms with van der Waals surface area (Å²) >= 11 is 7.48. The molecule has 0 bridgehead atoms. The molecule has 0 aromatic heterocycles. The summed E-state index contributed by atoms with van der Waals surface area (Å²) in [6, 6.07) is 7.27. The van der Waals surface area contributed by atoms with Gasteiger partial charge >= 0.3 is 0 Å². The lowest BCUT2D eigenvalue weighted by Gasteiger charge is -2.18. The van der Waals surface area contributed by atoms with Crippen LogP contribution < -0.4 is 4.90 Å². The Hall–Kier alpha value is -0.750. The van der Waals surface area contributed by atoms with Gasteiger partial charge in [0.1, 0.15) is 0 Å². The van der Waals surface area contributed by atoms with Crippen LogP contribution in [0.15, 0.2) is 24.3 Å². The molecule has 1 aliphatic rings. The van der Waals surface area contributed by atoms with Crippen molar-refractivity contribution in [3.63, 3.8) is 0 Å². The lowest BCUT2D eigenvalue weighted by atomic mass is 10.3. The molecule has 6 heteroatoms. The Morgan fingerprint density at radius 1 is 1.47 bits per heavy atom. The predicted molar refractivity (Wildman–Crippen MR) is 77.8 cm³/mol. The molecule has 2 atom stereocenters. The molecule has 0 aliphatic carbocycles. The summed E-state index contributed by atoms with van der Waals surface area (Å²) in [5.41, 5.74) is 0.736. The molecule has 2 N–H and O–H groups in total. The molecule has 1 aliphatic heterocycles. The molecule has 1 amide bonds. The smallest absolute Gasteiger partial charge is 0.240 e. The molecule has 1 aromatic rings. The highest BCUT2D eigenvalue weighted by Gasteiger charge is 2.33. The number of halogens is 1. The highest BCUT2D eigenvalue weighted by Crippen LogP contribution is 2.32. The first-order valence-corrected chi connectivity index (χ1v) is 7.52. The van der Waals surface area contributed by atoms with Gasteiger partial charge in [-0.05, 0) is 18.6 Å². The van der Waals surface area contributed by atoms with E-state index in [9.17, 15) is 9.90 Å². The predicted octanol–water partition coefficient (Wildman–Crippen LogP) is 1.53. The van der Waals surface area contributed by atoms with Gasteiger partial charge in [-0.2, -0.15) is 0 Å². The largest absolute Gasteiger partial charge is 0.394 e. The molecule has 1 fully saturated rings. The Bertz CT molecular complexity index is 457. The monoisotopic (exact) mass is 301 g/mol. The molecule has 1 aromatic carbocycles. The summed E-state index contributed by atoms with van der Waals surface area (Å²) in [4.78, 5) is 13.9. The molecule has 19 heavy (non-hydrogen) atoms. The van der Waals surface area contributed by atoms with Crippen molar-refractivity contribution in [2.75, 3.05) is 23.8 Å². The number of thioether (sulfide) groups is 1. The molecule has 0 spiro atoms. The van der Waals surface area contributed by atoms with Gasteiger partial charge in [-0.3, -0.25) is 4.79 Å².